The highest BCUT2D eigenvalue weighted by atomic mass is 16.5. The van der Waals surface area contributed by atoms with E-state index in [9.17, 15) is 4.79 Å². The Morgan fingerprint density at radius 2 is 1.60 bits per heavy atom. The van der Waals surface area contributed by atoms with Crippen LogP contribution in [0.1, 0.15) is 24.8 Å². The highest BCUT2D eigenvalue weighted by Crippen LogP contribution is 2.26. The first kappa shape index (κ1) is 14.1. The molecule has 0 aliphatic rings. The number of esters is 1. The molecule has 104 valence electrons. The van der Waals surface area contributed by atoms with Gasteiger partial charge in [0.25, 0.3) is 0 Å². The van der Waals surface area contributed by atoms with Crippen molar-refractivity contribution >= 4 is 5.97 Å². The first-order valence-electron chi connectivity index (χ1n) is 6.65. The van der Waals surface area contributed by atoms with E-state index < -0.39 is 0 Å². The number of methoxy groups -OCH3 is 1. The van der Waals surface area contributed by atoms with E-state index in [2.05, 4.69) is 0 Å². The molecule has 0 fully saturated rings. The van der Waals surface area contributed by atoms with E-state index >= 15 is 0 Å². The first-order valence-corrected chi connectivity index (χ1v) is 6.65. The van der Waals surface area contributed by atoms with Crippen LogP contribution in [-0.2, 0) is 9.53 Å². The standard InChI is InChI=1S/C17H18O3/c1-3-16(17(18)19-2)13-9-11-15(12-10-13)20-14-7-5-4-6-8-14/h4-12,16H,3H2,1-2H3. The van der Waals surface area contributed by atoms with E-state index in [1.807, 2.05) is 61.5 Å². The maximum Gasteiger partial charge on any atom is 0.313 e. The maximum atomic E-state index is 11.7. The van der Waals surface area contributed by atoms with Crippen molar-refractivity contribution in [2.24, 2.45) is 0 Å². The summed E-state index contributed by atoms with van der Waals surface area (Å²) in [4.78, 5) is 11.7. The van der Waals surface area contributed by atoms with Gasteiger partial charge in [-0.25, -0.2) is 0 Å². The van der Waals surface area contributed by atoms with E-state index in [0.717, 1.165) is 17.1 Å². The molecule has 2 aromatic carbocycles. The van der Waals surface area contributed by atoms with Crippen molar-refractivity contribution in [1.82, 2.24) is 0 Å². The summed E-state index contributed by atoms with van der Waals surface area (Å²) >= 11 is 0. The predicted octanol–water partition coefficient (Wildman–Crippen LogP) is 4.15. The SMILES string of the molecule is CCC(C(=O)OC)c1ccc(Oc2ccccc2)cc1. The van der Waals surface area contributed by atoms with Crippen LogP contribution >= 0.6 is 0 Å². The third kappa shape index (κ3) is 3.38. The topological polar surface area (TPSA) is 35.5 Å². The molecule has 0 saturated carbocycles. The average molecular weight is 270 g/mol. The Morgan fingerprint density at radius 3 is 2.15 bits per heavy atom. The second kappa shape index (κ2) is 6.75. The monoisotopic (exact) mass is 270 g/mol. The normalized spacial score (nSPS) is 11.7. The Morgan fingerprint density at radius 1 is 1.00 bits per heavy atom. The number of benzene rings is 2. The Hall–Kier alpha value is -2.29. The summed E-state index contributed by atoms with van der Waals surface area (Å²) in [5.74, 6) is 1.12. The van der Waals surface area contributed by atoms with E-state index in [1.54, 1.807) is 0 Å². The molecule has 0 bridgehead atoms. The van der Waals surface area contributed by atoms with E-state index in [0.29, 0.717) is 6.42 Å². The summed E-state index contributed by atoms with van der Waals surface area (Å²) in [7, 11) is 1.41. The molecule has 2 rings (SSSR count). The molecule has 3 nitrogen and oxygen atoms in total. The van der Waals surface area contributed by atoms with Gasteiger partial charge < -0.3 is 9.47 Å². The van der Waals surface area contributed by atoms with Gasteiger partial charge in [0.05, 0.1) is 13.0 Å². The lowest BCUT2D eigenvalue weighted by Gasteiger charge is -2.13. The zero-order chi connectivity index (χ0) is 14.4. The fourth-order valence-electron chi connectivity index (χ4n) is 2.07. The van der Waals surface area contributed by atoms with Crippen molar-refractivity contribution in [3.05, 3.63) is 60.2 Å². The number of carbonyl (C=O) groups is 1. The smallest absolute Gasteiger partial charge is 0.313 e. The van der Waals surface area contributed by atoms with Gasteiger partial charge in [0, 0.05) is 0 Å². The van der Waals surface area contributed by atoms with Gasteiger partial charge in [-0.2, -0.15) is 0 Å². The molecule has 3 heteroatoms. The van der Waals surface area contributed by atoms with Crippen LogP contribution in [0.2, 0.25) is 0 Å². The second-order valence-corrected chi connectivity index (χ2v) is 4.47. The predicted molar refractivity (Wildman–Crippen MR) is 78.0 cm³/mol. The molecule has 0 radical (unpaired) electrons. The van der Waals surface area contributed by atoms with Gasteiger partial charge in [0.2, 0.25) is 0 Å². The molecule has 20 heavy (non-hydrogen) atoms. The Bertz CT molecular complexity index is 546. The minimum absolute atomic E-state index is 0.204. The minimum atomic E-state index is -0.217. The van der Waals surface area contributed by atoms with Gasteiger partial charge in [0.1, 0.15) is 11.5 Å². The van der Waals surface area contributed by atoms with Gasteiger partial charge in [-0.15, -0.1) is 0 Å². The number of carbonyl (C=O) groups excluding carboxylic acids is 1. The number of hydrogen-bond acceptors (Lipinski definition) is 3. The lowest BCUT2D eigenvalue weighted by atomic mass is 9.97. The molecule has 0 spiro atoms. The molecular formula is C17H18O3. The molecule has 2 aromatic rings. The molecule has 0 aromatic heterocycles. The van der Waals surface area contributed by atoms with Crippen LogP contribution in [0.3, 0.4) is 0 Å². The molecule has 0 aliphatic heterocycles. The first-order chi connectivity index (χ1) is 9.74. The van der Waals surface area contributed by atoms with Gasteiger partial charge in [-0.3, -0.25) is 4.79 Å². The lowest BCUT2D eigenvalue weighted by molar-refractivity contribution is -0.142. The van der Waals surface area contributed by atoms with E-state index in [4.69, 9.17) is 9.47 Å². The summed E-state index contributed by atoms with van der Waals surface area (Å²) in [5.41, 5.74) is 0.944. The van der Waals surface area contributed by atoms with Crippen LogP contribution in [0.15, 0.2) is 54.6 Å². The molecule has 0 amide bonds. The summed E-state index contributed by atoms with van der Waals surface area (Å²) in [5, 5.41) is 0. The number of ether oxygens (including phenoxy) is 2. The third-order valence-corrected chi connectivity index (χ3v) is 3.16. The van der Waals surface area contributed by atoms with Crippen molar-refractivity contribution in [3.63, 3.8) is 0 Å². The van der Waals surface area contributed by atoms with Gasteiger partial charge >= 0.3 is 5.97 Å². The Labute approximate surface area is 119 Å². The second-order valence-electron chi connectivity index (χ2n) is 4.47. The number of para-hydroxylation sites is 1. The summed E-state index contributed by atoms with van der Waals surface area (Å²) in [6.45, 7) is 1.97. The van der Waals surface area contributed by atoms with Crippen LogP contribution < -0.4 is 4.74 Å². The molecule has 0 N–H and O–H groups in total. The van der Waals surface area contributed by atoms with Crippen LogP contribution in [0.25, 0.3) is 0 Å². The summed E-state index contributed by atoms with van der Waals surface area (Å²) in [6, 6.07) is 17.1. The number of hydrogen-bond donors (Lipinski definition) is 0. The van der Waals surface area contributed by atoms with Crippen LogP contribution in [0.5, 0.6) is 11.5 Å². The number of rotatable bonds is 5. The molecule has 1 unspecified atom stereocenters. The molecule has 0 heterocycles. The Balaban J connectivity index is 2.11. The van der Waals surface area contributed by atoms with Crippen LogP contribution in [0.4, 0.5) is 0 Å². The van der Waals surface area contributed by atoms with Gasteiger partial charge in [-0.1, -0.05) is 37.3 Å². The summed E-state index contributed by atoms with van der Waals surface area (Å²) < 4.78 is 10.5. The zero-order valence-electron chi connectivity index (χ0n) is 11.7. The average Bonchev–Trinajstić information content (AvgIpc) is 2.50. The largest absolute Gasteiger partial charge is 0.469 e. The maximum absolute atomic E-state index is 11.7. The summed E-state index contributed by atoms with van der Waals surface area (Å²) in [6.07, 6.45) is 0.714. The highest BCUT2D eigenvalue weighted by Gasteiger charge is 2.18. The van der Waals surface area contributed by atoms with Gasteiger partial charge in [-0.05, 0) is 36.2 Å². The lowest BCUT2D eigenvalue weighted by Crippen LogP contribution is -2.13. The van der Waals surface area contributed by atoms with Crippen molar-refractivity contribution in [1.29, 1.82) is 0 Å². The van der Waals surface area contributed by atoms with Crippen molar-refractivity contribution in [2.75, 3.05) is 7.11 Å². The quantitative estimate of drug-likeness (QED) is 0.766. The fraction of sp³-hybridized carbons (Fsp3) is 0.235. The molecule has 1 atom stereocenters. The van der Waals surface area contributed by atoms with Crippen molar-refractivity contribution in [2.45, 2.75) is 19.3 Å². The van der Waals surface area contributed by atoms with Crippen molar-refractivity contribution in [3.8, 4) is 11.5 Å². The fourth-order valence-corrected chi connectivity index (χ4v) is 2.07. The molecular weight excluding hydrogens is 252 g/mol. The van der Waals surface area contributed by atoms with E-state index in [1.165, 1.54) is 7.11 Å². The van der Waals surface area contributed by atoms with Gasteiger partial charge in [0.15, 0.2) is 0 Å². The van der Waals surface area contributed by atoms with Crippen LogP contribution in [-0.4, -0.2) is 13.1 Å². The molecule has 0 aliphatic carbocycles. The minimum Gasteiger partial charge on any atom is -0.469 e. The highest BCUT2D eigenvalue weighted by molar-refractivity contribution is 5.78. The van der Waals surface area contributed by atoms with E-state index in [-0.39, 0.29) is 11.9 Å². The van der Waals surface area contributed by atoms with Crippen molar-refractivity contribution < 1.29 is 14.3 Å². The Kier molecular flexibility index (Phi) is 4.77. The van der Waals surface area contributed by atoms with Crippen LogP contribution in [0, 0.1) is 0 Å². The zero-order valence-corrected chi connectivity index (χ0v) is 11.7. The third-order valence-electron chi connectivity index (χ3n) is 3.16. The molecule has 0 saturated heterocycles.